The molecule has 0 saturated carbocycles. The van der Waals surface area contributed by atoms with Crippen molar-refractivity contribution in [1.29, 1.82) is 0 Å². The van der Waals surface area contributed by atoms with Crippen LogP contribution in [0.3, 0.4) is 0 Å². The van der Waals surface area contributed by atoms with Gasteiger partial charge in [0.15, 0.2) is 5.69 Å². The summed E-state index contributed by atoms with van der Waals surface area (Å²) in [6.45, 7) is 10.9. The van der Waals surface area contributed by atoms with Gasteiger partial charge in [-0.25, -0.2) is 14.3 Å². The Bertz CT molecular complexity index is 1510. The van der Waals surface area contributed by atoms with Crippen molar-refractivity contribution in [3.63, 3.8) is 0 Å². The number of halogens is 1. The van der Waals surface area contributed by atoms with Crippen molar-refractivity contribution in [1.82, 2.24) is 14.7 Å². The van der Waals surface area contributed by atoms with E-state index in [4.69, 9.17) is 21.1 Å². The van der Waals surface area contributed by atoms with Gasteiger partial charge in [-0.3, -0.25) is 4.79 Å². The average Bonchev–Trinajstić information content (AvgIpc) is 3.28. The van der Waals surface area contributed by atoms with Gasteiger partial charge in [-0.05, 0) is 94.5 Å². The number of carbonyl (C=O) groups excluding carboxylic acids is 3. The van der Waals surface area contributed by atoms with Gasteiger partial charge in [0, 0.05) is 35.9 Å². The second kappa shape index (κ2) is 10.6. The fourth-order valence-corrected chi connectivity index (χ4v) is 5.49. The van der Waals surface area contributed by atoms with Gasteiger partial charge in [0.2, 0.25) is 0 Å². The zero-order chi connectivity index (χ0) is 28.8. The number of aryl methyl sites for hydroxylation is 1. The molecule has 0 spiro atoms. The number of rotatable bonds is 4. The van der Waals surface area contributed by atoms with Crippen molar-refractivity contribution in [3.05, 3.63) is 75.1 Å². The van der Waals surface area contributed by atoms with Crippen LogP contribution < -0.4 is 4.90 Å². The minimum absolute atomic E-state index is 0.138. The second-order valence-electron chi connectivity index (χ2n) is 11.0. The summed E-state index contributed by atoms with van der Waals surface area (Å²) in [5.41, 5.74) is 4.96. The Kier molecular flexibility index (Phi) is 7.35. The minimum Gasteiger partial charge on any atom is -0.461 e. The Labute approximate surface area is 238 Å². The van der Waals surface area contributed by atoms with E-state index in [1.165, 1.54) is 10.2 Å². The molecule has 0 N–H and O–H groups in total. The predicted molar refractivity (Wildman–Crippen MR) is 151 cm³/mol. The number of carbonyl (C=O) groups is 3. The van der Waals surface area contributed by atoms with E-state index in [-0.39, 0.29) is 24.3 Å². The van der Waals surface area contributed by atoms with E-state index in [9.17, 15) is 14.4 Å². The lowest BCUT2D eigenvalue weighted by Crippen LogP contribution is -2.41. The molecule has 210 valence electrons. The SMILES string of the molecule is CCOC(=O)c1nn(-c2cccc(Cl)c2)c2c1CCN(c1cc(C)c3c(c1)CN(C(=O)OC(C)(C)C)CC3)C2=O. The zero-order valence-corrected chi connectivity index (χ0v) is 24.2. The van der Waals surface area contributed by atoms with Crippen LogP contribution in [0.1, 0.15) is 70.9 Å². The van der Waals surface area contributed by atoms with Crippen molar-refractivity contribution < 1.29 is 23.9 Å². The molecule has 0 bridgehead atoms. The van der Waals surface area contributed by atoms with Crippen LogP contribution in [0, 0.1) is 6.92 Å². The summed E-state index contributed by atoms with van der Waals surface area (Å²) in [5.74, 6) is -0.837. The number of benzene rings is 2. The van der Waals surface area contributed by atoms with E-state index in [0.717, 1.165) is 16.8 Å². The Balaban J connectivity index is 1.52. The van der Waals surface area contributed by atoms with Gasteiger partial charge in [-0.15, -0.1) is 0 Å². The molecule has 0 unspecified atom stereocenters. The van der Waals surface area contributed by atoms with E-state index in [1.807, 2.05) is 39.8 Å². The van der Waals surface area contributed by atoms with Gasteiger partial charge in [0.25, 0.3) is 5.91 Å². The smallest absolute Gasteiger partial charge is 0.410 e. The van der Waals surface area contributed by atoms with E-state index in [2.05, 4.69) is 5.10 Å². The minimum atomic E-state index is -0.582. The van der Waals surface area contributed by atoms with Crippen LogP contribution in [0.15, 0.2) is 36.4 Å². The first kappa shape index (κ1) is 27.7. The van der Waals surface area contributed by atoms with Crippen LogP contribution in [-0.4, -0.2) is 57.9 Å². The van der Waals surface area contributed by atoms with Crippen LogP contribution in [0.25, 0.3) is 5.69 Å². The number of nitrogens with zero attached hydrogens (tertiary/aromatic N) is 4. The quantitative estimate of drug-likeness (QED) is 0.388. The van der Waals surface area contributed by atoms with Crippen molar-refractivity contribution >= 4 is 35.3 Å². The maximum atomic E-state index is 14.1. The van der Waals surface area contributed by atoms with E-state index >= 15 is 0 Å². The molecule has 2 amide bonds. The first-order valence-electron chi connectivity index (χ1n) is 13.4. The fourth-order valence-electron chi connectivity index (χ4n) is 5.30. The summed E-state index contributed by atoms with van der Waals surface area (Å²) >= 11 is 6.25. The molecule has 0 radical (unpaired) electrons. The van der Waals surface area contributed by atoms with Gasteiger partial charge in [0.1, 0.15) is 11.3 Å². The summed E-state index contributed by atoms with van der Waals surface area (Å²) in [6.07, 6.45) is 0.788. The monoisotopic (exact) mass is 564 g/mol. The van der Waals surface area contributed by atoms with Crippen LogP contribution in [0.2, 0.25) is 5.02 Å². The molecule has 0 atom stereocenters. The first-order chi connectivity index (χ1) is 19.0. The topological polar surface area (TPSA) is 94.0 Å². The Morgan fingerprint density at radius 2 is 1.80 bits per heavy atom. The standard InChI is InChI=1S/C30H33ClN4O5/c1-6-39-28(37)25-24-11-13-34(27(36)26(24)35(32-25)21-9-7-8-20(31)16-21)22-14-18(2)23-10-12-33(17-19(23)15-22)29(38)40-30(3,4)5/h7-9,14-16H,6,10-13,17H2,1-5H3. The number of esters is 1. The largest absolute Gasteiger partial charge is 0.461 e. The molecule has 0 fully saturated rings. The number of fused-ring (bicyclic) bond motifs is 2. The number of aromatic nitrogens is 2. The molecule has 2 aromatic carbocycles. The predicted octanol–water partition coefficient (Wildman–Crippen LogP) is 5.51. The maximum absolute atomic E-state index is 14.1. The van der Waals surface area contributed by atoms with Crippen molar-refractivity contribution in [2.75, 3.05) is 24.6 Å². The average molecular weight is 565 g/mol. The Hall–Kier alpha value is -3.85. The molecule has 40 heavy (non-hydrogen) atoms. The fraction of sp³-hybridized carbons (Fsp3) is 0.400. The van der Waals surface area contributed by atoms with Gasteiger partial charge in [-0.1, -0.05) is 17.7 Å². The summed E-state index contributed by atoms with van der Waals surface area (Å²) in [6, 6.07) is 11.0. The van der Waals surface area contributed by atoms with E-state index in [0.29, 0.717) is 54.4 Å². The van der Waals surface area contributed by atoms with Gasteiger partial charge < -0.3 is 19.3 Å². The van der Waals surface area contributed by atoms with Gasteiger partial charge >= 0.3 is 12.1 Å². The molecule has 2 aliphatic rings. The van der Waals surface area contributed by atoms with Crippen molar-refractivity contribution in [2.45, 2.75) is 59.6 Å². The molecular weight excluding hydrogens is 532 g/mol. The highest BCUT2D eigenvalue weighted by molar-refractivity contribution is 6.30. The normalized spacial score (nSPS) is 15.0. The lowest BCUT2D eigenvalue weighted by atomic mass is 9.93. The van der Waals surface area contributed by atoms with Crippen LogP contribution in [0.5, 0.6) is 0 Å². The number of amides is 2. The number of anilines is 1. The maximum Gasteiger partial charge on any atom is 0.410 e. The lowest BCUT2D eigenvalue weighted by Gasteiger charge is -2.34. The Morgan fingerprint density at radius 1 is 1.05 bits per heavy atom. The molecule has 2 aliphatic heterocycles. The summed E-state index contributed by atoms with van der Waals surface area (Å²) in [4.78, 5) is 43.0. The highest BCUT2D eigenvalue weighted by Crippen LogP contribution is 2.33. The summed E-state index contributed by atoms with van der Waals surface area (Å²) < 4.78 is 12.3. The highest BCUT2D eigenvalue weighted by Gasteiger charge is 2.36. The molecule has 3 aromatic rings. The second-order valence-corrected chi connectivity index (χ2v) is 11.5. The number of ether oxygens (including phenoxy) is 2. The molecular formula is C30H33ClN4O5. The number of hydrogen-bond acceptors (Lipinski definition) is 6. The summed E-state index contributed by atoms with van der Waals surface area (Å²) in [5, 5.41) is 5.01. The van der Waals surface area contributed by atoms with Crippen molar-refractivity contribution in [3.8, 4) is 5.69 Å². The third kappa shape index (κ3) is 5.30. The molecule has 0 aliphatic carbocycles. The van der Waals surface area contributed by atoms with Crippen LogP contribution in [0.4, 0.5) is 10.5 Å². The molecule has 1 aromatic heterocycles. The zero-order valence-electron chi connectivity index (χ0n) is 23.4. The molecule has 3 heterocycles. The molecule has 0 saturated heterocycles. The van der Waals surface area contributed by atoms with E-state index in [1.54, 1.807) is 41.0 Å². The molecule has 5 rings (SSSR count). The van der Waals surface area contributed by atoms with Gasteiger partial charge in [0.05, 0.1) is 12.3 Å². The Morgan fingerprint density at radius 3 is 2.50 bits per heavy atom. The molecule has 10 heteroatoms. The number of hydrogen-bond donors (Lipinski definition) is 0. The lowest BCUT2D eigenvalue weighted by molar-refractivity contribution is 0.0223. The molecule has 9 nitrogen and oxygen atoms in total. The first-order valence-corrected chi connectivity index (χ1v) is 13.8. The van der Waals surface area contributed by atoms with Crippen LogP contribution >= 0.6 is 11.6 Å². The van der Waals surface area contributed by atoms with Crippen LogP contribution in [-0.2, 0) is 28.9 Å². The third-order valence-corrected chi connectivity index (χ3v) is 7.28. The third-order valence-electron chi connectivity index (χ3n) is 7.04. The van der Waals surface area contributed by atoms with Gasteiger partial charge in [-0.2, -0.15) is 5.10 Å². The highest BCUT2D eigenvalue weighted by atomic mass is 35.5. The van der Waals surface area contributed by atoms with E-state index < -0.39 is 11.6 Å². The van der Waals surface area contributed by atoms with Crippen molar-refractivity contribution in [2.24, 2.45) is 0 Å². The summed E-state index contributed by atoms with van der Waals surface area (Å²) in [7, 11) is 0.